The molecule has 28 heavy (non-hydrogen) atoms. The van der Waals surface area contributed by atoms with E-state index in [-0.39, 0.29) is 18.2 Å². The van der Waals surface area contributed by atoms with E-state index in [0.717, 1.165) is 27.8 Å². The summed E-state index contributed by atoms with van der Waals surface area (Å²) in [4.78, 5) is 27.2. The molecule has 2 aromatic carbocycles. The molecule has 2 aromatic rings. The molecular weight excluding hydrogens is 420 g/mol. The van der Waals surface area contributed by atoms with Gasteiger partial charge in [0.2, 0.25) is 11.8 Å². The van der Waals surface area contributed by atoms with Crippen LogP contribution >= 0.6 is 15.9 Å². The molecule has 0 saturated heterocycles. The number of rotatable bonds is 9. The van der Waals surface area contributed by atoms with Crippen molar-refractivity contribution in [2.75, 3.05) is 13.7 Å². The predicted molar refractivity (Wildman–Crippen MR) is 114 cm³/mol. The van der Waals surface area contributed by atoms with Crippen LogP contribution in [0.1, 0.15) is 31.4 Å². The van der Waals surface area contributed by atoms with Crippen LogP contribution in [-0.2, 0) is 22.6 Å². The number of nitrogens with one attached hydrogen (secondary N) is 1. The summed E-state index contributed by atoms with van der Waals surface area (Å²) in [6, 6.07) is 14.6. The number of benzene rings is 2. The number of carbonyl (C=O) groups is 2. The van der Waals surface area contributed by atoms with Crippen LogP contribution < -0.4 is 10.1 Å². The number of hydrogen-bond acceptors (Lipinski definition) is 3. The van der Waals surface area contributed by atoms with Crippen molar-refractivity contribution in [3.8, 4) is 5.75 Å². The van der Waals surface area contributed by atoms with Gasteiger partial charge in [-0.3, -0.25) is 9.59 Å². The molecule has 1 atom stereocenters. The largest absolute Gasteiger partial charge is 0.497 e. The van der Waals surface area contributed by atoms with E-state index in [0.29, 0.717) is 13.1 Å². The van der Waals surface area contributed by atoms with Gasteiger partial charge in [0.15, 0.2) is 0 Å². The van der Waals surface area contributed by atoms with Crippen LogP contribution in [0.2, 0.25) is 0 Å². The second-order valence-electron chi connectivity index (χ2n) is 6.64. The van der Waals surface area contributed by atoms with Gasteiger partial charge in [0.05, 0.1) is 13.5 Å². The van der Waals surface area contributed by atoms with Gasteiger partial charge in [-0.25, -0.2) is 0 Å². The number of ether oxygens (including phenoxy) is 1. The highest BCUT2D eigenvalue weighted by atomic mass is 79.9. The van der Waals surface area contributed by atoms with Crippen LogP contribution in [0.15, 0.2) is 53.0 Å². The lowest BCUT2D eigenvalue weighted by Crippen LogP contribution is -2.48. The average molecular weight is 447 g/mol. The van der Waals surface area contributed by atoms with Crippen molar-refractivity contribution in [2.24, 2.45) is 0 Å². The fourth-order valence-electron chi connectivity index (χ4n) is 2.83. The molecule has 2 amide bonds. The third-order valence-corrected chi connectivity index (χ3v) is 4.97. The smallest absolute Gasteiger partial charge is 0.242 e. The lowest BCUT2D eigenvalue weighted by Gasteiger charge is -2.29. The Labute approximate surface area is 175 Å². The van der Waals surface area contributed by atoms with E-state index in [1.54, 1.807) is 18.9 Å². The Hall–Kier alpha value is -2.34. The Kier molecular flexibility index (Phi) is 8.51. The predicted octanol–water partition coefficient (Wildman–Crippen LogP) is 3.94. The third kappa shape index (κ3) is 6.37. The van der Waals surface area contributed by atoms with Gasteiger partial charge in [0, 0.05) is 17.6 Å². The summed E-state index contributed by atoms with van der Waals surface area (Å²) in [5.41, 5.74) is 1.85. The van der Waals surface area contributed by atoms with E-state index in [4.69, 9.17) is 4.74 Å². The maximum absolute atomic E-state index is 13.1. The molecule has 5 nitrogen and oxygen atoms in total. The minimum atomic E-state index is -0.559. The molecule has 0 heterocycles. The van der Waals surface area contributed by atoms with E-state index in [2.05, 4.69) is 21.2 Å². The average Bonchev–Trinajstić information content (AvgIpc) is 2.70. The van der Waals surface area contributed by atoms with E-state index in [9.17, 15) is 9.59 Å². The molecule has 0 fully saturated rings. The highest BCUT2D eigenvalue weighted by Crippen LogP contribution is 2.17. The molecule has 1 N–H and O–H groups in total. The van der Waals surface area contributed by atoms with Crippen molar-refractivity contribution in [1.29, 1.82) is 0 Å². The number of hydrogen-bond donors (Lipinski definition) is 1. The van der Waals surface area contributed by atoms with Gasteiger partial charge in [-0.15, -0.1) is 0 Å². The first-order chi connectivity index (χ1) is 13.4. The third-order valence-electron chi connectivity index (χ3n) is 4.47. The second-order valence-corrected chi connectivity index (χ2v) is 7.56. The van der Waals surface area contributed by atoms with E-state index < -0.39 is 6.04 Å². The molecule has 0 aliphatic rings. The number of nitrogens with zero attached hydrogens (tertiary/aromatic N) is 1. The van der Waals surface area contributed by atoms with Gasteiger partial charge in [-0.2, -0.15) is 0 Å². The van der Waals surface area contributed by atoms with Crippen molar-refractivity contribution < 1.29 is 14.3 Å². The number of methoxy groups -OCH3 is 1. The van der Waals surface area contributed by atoms with Gasteiger partial charge in [0.25, 0.3) is 0 Å². The van der Waals surface area contributed by atoms with E-state index in [1.165, 1.54) is 0 Å². The van der Waals surface area contributed by atoms with Gasteiger partial charge in [0.1, 0.15) is 11.8 Å². The molecule has 2 rings (SSSR count). The van der Waals surface area contributed by atoms with Crippen LogP contribution in [0.4, 0.5) is 0 Å². The zero-order chi connectivity index (χ0) is 20.5. The first-order valence-corrected chi connectivity index (χ1v) is 10.2. The summed E-state index contributed by atoms with van der Waals surface area (Å²) < 4.78 is 6.11. The molecular formula is C22H27BrN2O3. The number of halogens is 1. The fourth-order valence-corrected chi connectivity index (χ4v) is 3.28. The molecule has 150 valence electrons. The van der Waals surface area contributed by atoms with Crippen molar-refractivity contribution in [3.05, 3.63) is 64.1 Å². The first-order valence-electron chi connectivity index (χ1n) is 9.39. The molecule has 0 bridgehead atoms. The number of amides is 2. The molecule has 0 aliphatic heterocycles. The van der Waals surface area contributed by atoms with Crippen molar-refractivity contribution in [2.45, 2.75) is 39.3 Å². The Morgan fingerprint density at radius 3 is 2.46 bits per heavy atom. The summed E-state index contributed by atoms with van der Waals surface area (Å²) in [7, 11) is 1.61. The summed E-state index contributed by atoms with van der Waals surface area (Å²) >= 11 is 3.46. The minimum Gasteiger partial charge on any atom is -0.497 e. The monoisotopic (exact) mass is 446 g/mol. The van der Waals surface area contributed by atoms with Crippen molar-refractivity contribution in [3.63, 3.8) is 0 Å². The molecule has 0 aromatic heterocycles. The zero-order valence-corrected chi connectivity index (χ0v) is 18.2. The Bertz CT molecular complexity index is 793. The molecule has 6 heteroatoms. The number of carbonyl (C=O) groups excluding carboxylic acids is 2. The molecule has 0 radical (unpaired) electrons. The quantitative estimate of drug-likeness (QED) is 0.634. The standard InChI is InChI=1S/C22H27BrN2O3/c1-4-12-24-22(27)16(2)25(15-18-6-5-7-19(23)13-18)21(26)14-17-8-10-20(28-3)11-9-17/h5-11,13,16H,4,12,14-15H2,1-3H3,(H,24,27). The van der Waals surface area contributed by atoms with Crippen LogP contribution in [0.3, 0.4) is 0 Å². The first kappa shape index (κ1) is 22.0. The Balaban J connectivity index is 2.19. The Morgan fingerprint density at radius 1 is 1.14 bits per heavy atom. The topological polar surface area (TPSA) is 58.6 Å². The Morgan fingerprint density at radius 2 is 1.86 bits per heavy atom. The van der Waals surface area contributed by atoms with Crippen LogP contribution in [-0.4, -0.2) is 36.4 Å². The maximum Gasteiger partial charge on any atom is 0.242 e. The second kappa shape index (κ2) is 10.9. The van der Waals surface area contributed by atoms with Gasteiger partial charge < -0.3 is 15.0 Å². The van der Waals surface area contributed by atoms with Gasteiger partial charge in [-0.05, 0) is 48.7 Å². The van der Waals surface area contributed by atoms with Crippen molar-refractivity contribution in [1.82, 2.24) is 10.2 Å². The van der Waals surface area contributed by atoms with Crippen LogP contribution in [0, 0.1) is 0 Å². The molecule has 0 spiro atoms. The van der Waals surface area contributed by atoms with E-state index in [1.807, 2.05) is 55.5 Å². The van der Waals surface area contributed by atoms with Crippen LogP contribution in [0.5, 0.6) is 5.75 Å². The van der Waals surface area contributed by atoms with E-state index >= 15 is 0 Å². The summed E-state index contributed by atoms with van der Waals surface area (Å²) in [5.74, 6) is 0.513. The normalized spacial score (nSPS) is 11.6. The SMILES string of the molecule is CCCNC(=O)C(C)N(Cc1cccc(Br)c1)C(=O)Cc1ccc(OC)cc1. The van der Waals surface area contributed by atoms with Crippen molar-refractivity contribution >= 4 is 27.7 Å². The highest BCUT2D eigenvalue weighted by Gasteiger charge is 2.26. The van der Waals surface area contributed by atoms with Gasteiger partial charge >= 0.3 is 0 Å². The highest BCUT2D eigenvalue weighted by molar-refractivity contribution is 9.10. The summed E-state index contributed by atoms with van der Waals surface area (Å²) in [6.07, 6.45) is 1.08. The summed E-state index contributed by atoms with van der Waals surface area (Å²) in [5, 5.41) is 2.88. The fraction of sp³-hybridized carbons (Fsp3) is 0.364. The van der Waals surface area contributed by atoms with Crippen LogP contribution in [0.25, 0.3) is 0 Å². The zero-order valence-electron chi connectivity index (χ0n) is 16.6. The lowest BCUT2D eigenvalue weighted by molar-refractivity contribution is -0.140. The van der Waals surface area contributed by atoms with Gasteiger partial charge in [-0.1, -0.05) is 47.1 Å². The summed E-state index contributed by atoms with van der Waals surface area (Å²) in [6.45, 7) is 4.74. The molecule has 1 unspecified atom stereocenters. The molecule has 0 aliphatic carbocycles. The molecule has 0 saturated carbocycles. The maximum atomic E-state index is 13.1. The minimum absolute atomic E-state index is 0.0932. The lowest BCUT2D eigenvalue weighted by atomic mass is 10.1.